The summed E-state index contributed by atoms with van der Waals surface area (Å²) in [5, 5.41) is 0. The first-order valence-corrected chi connectivity index (χ1v) is 6.41. The molecule has 0 amide bonds. The Kier molecular flexibility index (Phi) is 3.18. The van der Waals surface area contributed by atoms with Gasteiger partial charge in [0.05, 0.1) is 0 Å². The van der Waals surface area contributed by atoms with Crippen LogP contribution in [0.1, 0.15) is 12.8 Å². The van der Waals surface area contributed by atoms with E-state index in [0.717, 1.165) is 24.6 Å². The van der Waals surface area contributed by atoms with Gasteiger partial charge in [-0.25, -0.2) is 0 Å². The van der Waals surface area contributed by atoms with Gasteiger partial charge in [-0.15, -0.1) is 0 Å². The molecule has 3 rings (SSSR count). The number of benzene rings is 2. The van der Waals surface area contributed by atoms with Crippen LogP contribution >= 0.6 is 0 Å². The van der Waals surface area contributed by atoms with E-state index in [4.69, 9.17) is 4.74 Å². The predicted molar refractivity (Wildman–Crippen MR) is 73.2 cm³/mol. The monoisotopic (exact) mass is 238 g/mol. The van der Waals surface area contributed by atoms with E-state index in [1.54, 1.807) is 0 Å². The standard InChI is InChI=1S/C16H16NO/c1-2-8-15(9-3-1)18-16-10-6-7-14(13-16)17-11-4-5-12-17/h2-3,6-10,13H,4-5,11-12H2. The van der Waals surface area contributed by atoms with Gasteiger partial charge < -0.3 is 9.64 Å². The Hall–Kier alpha value is -1.96. The highest BCUT2D eigenvalue weighted by molar-refractivity contribution is 5.52. The molecule has 0 aliphatic carbocycles. The molecule has 2 nitrogen and oxygen atoms in total. The topological polar surface area (TPSA) is 12.5 Å². The van der Waals surface area contributed by atoms with E-state index in [9.17, 15) is 0 Å². The molecule has 1 radical (unpaired) electrons. The van der Waals surface area contributed by atoms with E-state index in [-0.39, 0.29) is 0 Å². The van der Waals surface area contributed by atoms with Crippen LogP contribution in [0.25, 0.3) is 0 Å². The Bertz CT molecular complexity index is 504. The molecule has 0 spiro atoms. The van der Waals surface area contributed by atoms with Gasteiger partial charge in [0.15, 0.2) is 0 Å². The molecule has 1 heterocycles. The average Bonchev–Trinajstić information content (AvgIpc) is 2.94. The zero-order chi connectivity index (χ0) is 12.2. The lowest BCUT2D eigenvalue weighted by molar-refractivity contribution is 0.482. The fourth-order valence-corrected chi connectivity index (χ4v) is 2.29. The molecule has 91 valence electrons. The van der Waals surface area contributed by atoms with Crippen molar-refractivity contribution >= 4 is 5.69 Å². The van der Waals surface area contributed by atoms with E-state index in [1.165, 1.54) is 18.5 Å². The average molecular weight is 238 g/mol. The molecule has 2 heteroatoms. The molecule has 0 bridgehead atoms. The van der Waals surface area contributed by atoms with E-state index >= 15 is 0 Å². The molecule has 2 aromatic carbocycles. The molecule has 0 aromatic heterocycles. The quantitative estimate of drug-likeness (QED) is 0.804. The predicted octanol–water partition coefficient (Wildman–Crippen LogP) is 3.88. The van der Waals surface area contributed by atoms with E-state index in [2.05, 4.69) is 29.2 Å². The van der Waals surface area contributed by atoms with Crippen LogP contribution in [-0.2, 0) is 0 Å². The third-order valence-electron chi connectivity index (χ3n) is 3.21. The van der Waals surface area contributed by atoms with E-state index < -0.39 is 0 Å². The van der Waals surface area contributed by atoms with Crippen molar-refractivity contribution in [3.8, 4) is 11.5 Å². The first kappa shape index (κ1) is 11.1. The lowest BCUT2D eigenvalue weighted by Crippen LogP contribution is -2.17. The molecule has 0 saturated carbocycles. The van der Waals surface area contributed by atoms with Crippen molar-refractivity contribution in [2.45, 2.75) is 12.8 Å². The molecular formula is C16H16NO. The molecule has 18 heavy (non-hydrogen) atoms. The summed E-state index contributed by atoms with van der Waals surface area (Å²) in [6.45, 7) is 2.31. The molecule has 2 aromatic rings. The van der Waals surface area contributed by atoms with Gasteiger partial charge in [-0.1, -0.05) is 18.2 Å². The van der Waals surface area contributed by atoms with Gasteiger partial charge in [0.2, 0.25) is 0 Å². The normalized spacial score (nSPS) is 14.8. The maximum atomic E-state index is 5.83. The highest BCUT2D eigenvalue weighted by Gasteiger charge is 2.12. The molecule has 1 aliphatic heterocycles. The van der Waals surface area contributed by atoms with Gasteiger partial charge in [0.25, 0.3) is 0 Å². The molecule has 1 fully saturated rings. The minimum absolute atomic E-state index is 0.854. The number of hydrogen-bond acceptors (Lipinski definition) is 2. The van der Waals surface area contributed by atoms with Gasteiger partial charge in [0.1, 0.15) is 11.5 Å². The van der Waals surface area contributed by atoms with Crippen LogP contribution < -0.4 is 9.64 Å². The van der Waals surface area contributed by atoms with Crippen molar-refractivity contribution in [1.29, 1.82) is 0 Å². The zero-order valence-corrected chi connectivity index (χ0v) is 10.3. The number of nitrogens with zero attached hydrogens (tertiary/aromatic N) is 1. The van der Waals surface area contributed by atoms with Gasteiger partial charge in [-0.2, -0.15) is 0 Å². The Labute approximate surface area is 108 Å². The van der Waals surface area contributed by atoms with Crippen molar-refractivity contribution in [1.82, 2.24) is 0 Å². The number of rotatable bonds is 3. The lowest BCUT2D eigenvalue weighted by Gasteiger charge is -2.18. The Morgan fingerprint density at radius 1 is 0.944 bits per heavy atom. The summed E-state index contributed by atoms with van der Waals surface area (Å²) in [6, 6.07) is 18.9. The third-order valence-corrected chi connectivity index (χ3v) is 3.21. The largest absolute Gasteiger partial charge is 0.457 e. The molecule has 1 aliphatic rings. The molecule has 0 N–H and O–H groups in total. The summed E-state index contributed by atoms with van der Waals surface area (Å²) in [6.07, 6.45) is 2.58. The molecule has 0 atom stereocenters. The maximum Gasteiger partial charge on any atom is 0.129 e. The summed E-state index contributed by atoms with van der Waals surface area (Å²) >= 11 is 0. The maximum absolute atomic E-state index is 5.83. The highest BCUT2D eigenvalue weighted by atomic mass is 16.5. The number of hydrogen-bond donors (Lipinski definition) is 0. The van der Waals surface area contributed by atoms with Crippen LogP contribution in [0.15, 0.2) is 48.5 Å². The van der Waals surface area contributed by atoms with Gasteiger partial charge >= 0.3 is 0 Å². The van der Waals surface area contributed by atoms with Crippen LogP contribution in [0.2, 0.25) is 0 Å². The highest BCUT2D eigenvalue weighted by Crippen LogP contribution is 2.27. The second kappa shape index (κ2) is 5.13. The summed E-state index contributed by atoms with van der Waals surface area (Å²) in [7, 11) is 0. The zero-order valence-electron chi connectivity index (χ0n) is 10.3. The lowest BCUT2D eigenvalue weighted by atomic mass is 10.2. The summed E-state index contributed by atoms with van der Waals surface area (Å²) in [5.41, 5.74) is 1.26. The summed E-state index contributed by atoms with van der Waals surface area (Å²) in [5.74, 6) is 1.75. The van der Waals surface area contributed by atoms with E-state index in [0.29, 0.717) is 0 Å². The van der Waals surface area contributed by atoms with Gasteiger partial charge in [0, 0.05) is 24.8 Å². The Balaban J connectivity index is 1.78. The van der Waals surface area contributed by atoms with Crippen LogP contribution in [0, 0.1) is 6.07 Å². The summed E-state index contributed by atoms with van der Waals surface area (Å²) < 4.78 is 5.83. The van der Waals surface area contributed by atoms with Gasteiger partial charge in [-0.3, -0.25) is 0 Å². The minimum atomic E-state index is 0.854. The number of anilines is 1. The number of ether oxygens (including phenoxy) is 1. The van der Waals surface area contributed by atoms with E-state index in [1.807, 2.05) is 30.3 Å². The van der Waals surface area contributed by atoms with Crippen molar-refractivity contribution < 1.29 is 4.74 Å². The second-order valence-electron chi connectivity index (χ2n) is 4.53. The van der Waals surface area contributed by atoms with Gasteiger partial charge in [-0.05, 0) is 43.2 Å². The molecule has 0 unspecified atom stereocenters. The third kappa shape index (κ3) is 2.48. The fraction of sp³-hybridized carbons (Fsp3) is 0.250. The van der Waals surface area contributed by atoms with Crippen LogP contribution in [0.5, 0.6) is 11.5 Å². The van der Waals surface area contributed by atoms with Crippen LogP contribution in [0.3, 0.4) is 0 Å². The molecule has 1 saturated heterocycles. The van der Waals surface area contributed by atoms with Crippen molar-refractivity contribution in [3.63, 3.8) is 0 Å². The SMILES string of the molecule is [c]1ccc(Oc2cccc(N3CCCC3)c2)cc1. The second-order valence-corrected chi connectivity index (χ2v) is 4.53. The Morgan fingerprint density at radius 2 is 1.72 bits per heavy atom. The van der Waals surface area contributed by atoms with Crippen LogP contribution in [0.4, 0.5) is 5.69 Å². The smallest absolute Gasteiger partial charge is 0.129 e. The first-order valence-electron chi connectivity index (χ1n) is 6.41. The summed E-state index contributed by atoms with van der Waals surface area (Å²) in [4.78, 5) is 2.41. The van der Waals surface area contributed by atoms with Crippen LogP contribution in [-0.4, -0.2) is 13.1 Å². The van der Waals surface area contributed by atoms with Crippen molar-refractivity contribution in [2.75, 3.05) is 18.0 Å². The van der Waals surface area contributed by atoms with Crippen molar-refractivity contribution in [2.24, 2.45) is 0 Å². The molecular weight excluding hydrogens is 222 g/mol. The minimum Gasteiger partial charge on any atom is -0.457 e. The fourth-order valence-electron chi connectivity index (χ4n) is 2.29. The Morgan fingerprint density at radius 3 is 2.50 bits per heavy atom. The first-order chi connectivity index (χ1) is 8.92. The van der Waals surface area contributed by atoms with Crippen molar-refractivity contribution in [3.05, 3.63) is 54.6 Å².